The van der Waals surface area contributed by atoms with Crippen LogP contribution in [0.1, 0.15) is 16.8 Å². The van der Waals surface area contributed by atoms with Crippen molar-refractivity contribution in [2.75, 3.05) is 0 Å². The summed E-state index contributed by atoms with van der Waals surface area (Å²) in [5.41, 5.74) is 8.52. The van der Waals surface area contributed by atoms with E-state index in [4.69, 9.17) is 22.7 Å². The molecule has 0 atom stereocenters. The van der Waals surface area contributed by atoms with E-state index >= 15 is 0 Å². The molecular formula is C14H14N2OS. The first-order valence-corrected chi connectivity index (χ1v) is 5.98. The van der Waals surface area contributed by atoms with Gasteiger partial charge in [-0.2, -0.15) is 0 Å². The number of hydrogen-bond acceptors (Lipinski definition) is 3. The predicted octanol–water partition coefficient (Wildman–Crippen LogP) is 3.12. The molecule has 0 amide bonds. The molecule has 2 aromatic rings. The maximum Gasteiger partial charge on any atom is 0.131 e. The highest BCUT2D eigenvalue weighted by molar-refractivity contribution is 7.80. The number of hydrogen-bond donors (Lipinski definition) is 1. The normalized spacial score (nSPS) is 10.1. The predicted molar refractivity (Wildman–Crippen MR) is 76.1 cm³/mol. The zero-order valence-corrected chi connectivity index (χ0v) is 11.1. The van der Waals surface area contributed by atoms with Crippen molar-refractivity contribution in [2.45, 2.75) is 13.8 Å². The van der Waals surface area contributed by atoms with Gasteiger partial charge in [-0.1, -0.05) is 18.3 Å². The van der Waals surface area contributed by atoms with Gasteiger partial charge in [0.1, 0.15) is 22.2 Å². The molecule has 0 bridgehead atoms. The van der Waals surface area contributed by atoms with Crippen LogP contribution in [-0.4, -0.2) is 9.97 Å². The van der Waals surface area contributed by atoms with Crippen molar-refractivity contribution in [3.8, 4) is 11.5 Å². The third-order valence-corrected chi connectivity index (χ3v) is 2.91. The Morgan fingerprint density at radius 1 is 1.11 bits per heavy atom. The van der Waals surface area contributed by atoms with Gasteiger partial charge in [0.25, 0.3) is 0 Å². The maximum atomic E-state index is 5.75. The lowest BCUT2D eigenvalue weighted by molar-refractivity contribution is 0.481. The minimum Gasteiger partial charge on any atom is -0.457 e. The van der Waals surface area contributed by atoms with Gasteiger partial charge in [0, 0.05) is 12.3 Å². The van der Waals surface area contributed by atoms with Crippen LogP contribution in [0.4, 0.5) is 0 Å². The molecule has 4 heteroatoms. The highest BCUT2D eigenvalue weighted by Crippen LogP contribution is 2.23. The van der Waals surface area contributed by atoms with Crippen molar-refractivity contribution >= 4 is 17.2 Å². The fraction of sp³-hybridized carbons (Fsp3) is 0.143. The summed E-state index contributed by atoms with van der Waals surface area (Å²) in [5, 5.41) is 0. The number of rotatable bonds is 3. The molecule has 0 aliphatic carbocycles. The van der Waals surface area contributed by atoms with Gasteiger partial charge >= 0.3 is 0 Å². The summed E-state index contributed by atoms with van der Waals surface area (Å²) in [6.07, 6.45) is 1.63. The fourth-order valence-corrected chi connectivity index (χ4v) is 1.63. The zero-order chi connectivity index (χ0) is 13.1. The first-order chi connectivity index (χ1) is 8.56. The minimum absolute atomic E-state index is 0.264. The van der Waals surface area contributed by atoms with Crippen LogP contribution >= 0.6 is 12.2 Å². The molecule has 0 saturated carbocycles. The van der Waals surface area contributed by atoms with E-state index in [1.165, 1.54) is 11.1 Å². The van der Waals surface area contributed by atoms with Gasteiger partial charge in [0.15, 0.2) is 0 Å². The summed E-state index contributed by atoms with van der Waals surface area (Å²) in [6, 6.07) is 9.47. The van der Waals surface area contributed by atoms with E-state index in [0.717, 1.165) is 5.75 Å². The van der Waals surface area contributed by atoms with E-state index in [1.54, 1.807) is 18.3 Å². The van der Waals surface area contributed by atoms with Crippen molar-refractivity contribution in [1.82, 2.24) is 4.98 Å². The molecule has 1 aromatic carbocycles. The van der Waals surface area contributed by atoms with Crippen molar-refractivity contribution in [2.24, 2.45) is 5.73 Å². The SMILES string of the molecule is Cc1ccc(Oc2ccnc(C(N)=S)c2)cc1C. The average molecular weight is 258 g/mol. The Labute approximate surface area is 112 Å². The Balaban J connectivity index is 2.25. The van der Waals surface area contributed by atoms with Gasteiger partial charge < -0.3 is 10.5 Å². The summed E-state index contributed by atoms with van der Waals surface area (Å²) in [4.78, 5) is 4.33. The van der Waals surface area contributed by atoms with E-state index in [9.17, 15) is 0 Å². The average Bonchev–Trinajstić information content (AvgIpc) is 2.34. The van der Waals surface area contributed by atoms with Gasteiger partial charge in [0.05, 0.1) is 0 Å². The van der Waals surface area contributed by atoms with Gasteiger partial charge in [-0.15, -0.1) is 0 Å². The van der Waals surface area contributed by atoms with Crippen LogP contribution in [-0.2, 0) is 0 Å². The van der Waals surface area contributed by atoms with Crippen molar-refractivity contribution < 1.29 is 4.74 Å². The smallest absolute Gasteiger partial charge is 0.131 e. The monoisotopic (exact) mass is 258 g/mol. The molecule has 1 aromatic heterocycles. The number of nitrogens with two attached hydrogens (primary N) is 1. The number of thiocarbonyl (C=S) groups is 1. The highest BCUT2D eigenvalue weighted by Gasteiger charge is 2.03. The van der Waals surface area contributed by atoms with Crippen LogP contribution < -0.4 is 10.5 Å². The molecule has 18 heavy (non-hydrogen) atoms. The molecule has 0 saturated heterocycles. The molecule has 1 heterocycles. The van der Waals surface area contributed by atoms with Crippen LogP contribution in [0.15, 0.2) is 36.5 Å². The number of ether oxygens (including phenoxy) is 1. The lowest BCUT2D eigenvalue weighted by atomic mass is 10.1. The standard InChI is InChI=1S/C14H14N2OS/c1-9-3-4-11(7-10(9)2)17-12-5-6-16-13(8-12)14(15)18/h3-8H,1-2H3,(H2,15,18). The Morgan fingerprint density at radius 2 is 1.83 bits per heavy atom. The van der Waals surface area contributed by atoms with E-state index in [1.807, 2.05) is 18.2 Å². The minimum atomic E-state index is 0.264. The summed E-state index contributed by atoms with van der Waals surface area (Å²) in [5.74, 6) is 1.47. The maximum absolute atomic E-state index is 5.75. The number of benzene rings is 1. The van der Waals surface area contributed by atoms with Crippen molar-refractivity contribution in [3.05, 3.63) is 53.3 Å². The Kier molecular flexibility index (Phi) is 3.58. The van der Waals surface area contributed by atoms with Crippen LogP contribution in [0.3, 0.4) is 0 Å². The second-order valence-electron chi connectivity index (χ2n) is 4.09. The van der Waals surface area contributed by atoms with E-state index in [-0.39, 0.29) is 4.99 Å². The molecule has 0 aliphatic heterocycles. The number of nitrogens with zero attached hydrogens (tertiary/aromatic N) is 1. The van der Waals surface area contributed by atoms with Gasteiger partial charge in [-0.3, -0.25) is 4.98 Å². The lowest BCUT2D eigenvalue weighted by Crippen LogP contribution is -2.11. The quantitative estimate of drug-likeness (QED) is 0.859. The number of aromatic nitrogens is 1. The molecular weight excluding hydrogens is 244 g/mol. The van der Waals surface area contributed by atoms with Crippen molar-refractivity contribution in [3.63, 3.8) is 0 Å². The Bertz CT molecular complexity index is 596. The summed E-state index contributed by atoms with van der Waals surface area (Å²) in [6.45, 7) is 4.12. The number of aryl methyl sites for hydroxylation is 2. The van der Waals surface area contributed by atoms with Crippen LogP contribution in [0.2, 0.25) is 0 Å². The summed E-state index contributed by atoms with van der Waals surface area (Å²) in [7, 11) is 0. The van der Waals surface area contributed by atoms with Gasteiger partial charge in [-0.25, -0.2) is 0 Å². The van der Waals surface area contributed by atoms with Crippen molar-refractivity contribution in [1.29, 1.82) is 0 Å². The molecule has 3 nitrogen and oxygen atoms in total. The molecule has 0 radical (unpaired) electrons. The number of pyridine rings is 1. The first kappa shape index (κ1) is 12.5. The zero-order valence-electron chi connectivity index (χ0n) is 10.3. The van der Waals surface area contributed by atoms with E-state index in [2.05, 4.69) is 18.8 Å². The third kappa shape index (κ3) is 2.84. The van der Waals surface area contributed by atoms with Crippen LogP contribution in [0, 0.1) is 13.8 Å². The second kappa shape index (κ2) is 5.14. The molecule has 0 unspecified atom stereocenters. The van der Waals surface area contributed by atoms with Crippen LogP contribution in [0.25, 0.3) is 0 Å². The molecule has 0 spiro atoms. The van der Waals surface area contributed by atoms with Gasteiger partial charge in [-0.05, 0) is 43.2 Å². The molecule has 2 rings (SSSR count). The van der Waals surface area contributed by atoms with Gasteiger partial charge in [0.2, 0.25) is 0 Å². The highest BCUT2D eigenvalue weighted by atomic mass is 32.1. The summed E-state index contributed by atoms with van der Waals surface area (Å²) >= 11 is 4.88. The fourth-order valence-electron chi connectivity index (χ4n) is 1.52. The van der Waals surface area contributed by atoms with Crippen LogP contribution in [0.5, 0.6) is 11.5 Å². The Morgan fingerprint density at radius 3 is 2.50 bits per heavy atom. The molecule has 2 N–H and O–H groups in total. The topological polar surface area (TPSA) is 48.1 Å². The summed E-state index contributed by atoms with van der Waals surface area (Å²) < 4.78 is 5.75. The molecule has 92 valence electrons. The largest absolute Gasteiger partial charge is 0.457 e. The molecule has 0 aliphatic rings. The second-order valence-corrected chi connectivity index (χ2v) is 4.53. The lowest BCUT2D eigenvalue weighted by Gasteiger charge is -2.08. The third-order valence-electron chi connectivity index (χ3n) is 2.70. The first-order valence-electron chi connectivity index (χ1n) is 5.57. The van der Waals surface area contributed by atoms with E-state index < -0.39 is 0 Å². The Hall–Kier alpha value is -1.94. The van der Waals surface area contributed by atoms with E-state index in [0.29, 0.717) is 11.4 Å². The molecule has 0 fully saturated rings.